The molecule has 6 rings (SSSR count). The predicted molar refractivity (Wildman–Crippen MR) is 97.9 cm³/mol. The van der Waals surface area contributed by atoms with Gasteiger partial charge in [-0.15, -0.1) is 0 Å². The molecular formula is C21H27N3O. The van der Waals surface area contributed by atoms with Crippen molar-refractivity contribution in [1.82, 2.24) is 9.97 Å². The molecule has 1 aromatic heterocycles. The number of hydrogen-bond donors (Lipinski definition) is 2. The quantitative estimate of drug-likeness (QED) is 0.873. The third-order valence-corrected chi connectivity index (χ3v) is 6.93. The molecule has 4 heteroatoms. The maximum absolute atomic E-state index is 12.8. The van der Waals surface area contributed by atoms with Crippen LogP contribution in [-0.4, -0.2) is 15.8 Å². The van der Waals surface area contributed by atoms with E-state index in [4.69, 9.17) is 5.73 Å². The lowest BCUT2D eigenvalue weighted by Gasteiger charge is -2.56. The summed E-state index contributed by atoms with van der Waals surface area (Å²) >= 11 is 0. The Kier molecular flexibility index (Phi) is 3.53. The van der Waals surface area contributed by atoms with Gasteiger partial charge in [0.25, 0.3) is 0 Å². The van der Waals surface area contributed by atoms with E-state index in [2.05, 4.69) is 16.0 Å². The maximum Gasteiger partial charge on any atom is 0.137 e. The predicted octanol–water partition coefficient (Wildman–Crippen LogP) is 3.74. The Labute approximate surface area is 148 Å². The molecule has 0 atom stereocenters. The van der Waals surface area contributed by atoms with Gasteiger partial charge in [0.05, 0.1) is 17.6 Å². The molecule has 4 bridgehead atoms. The van der Waals surface area contributed by atoms with Crippen LogP contribution in [0.3, 0.4) is 0 Å². The molecule has 25 heavy (non-hydrogen) atoms. The zero-order valence-corrected chi connectivity index (χ0v) is 14.8. The molecule has 0 unspecified atom stereocenters. The summed E-state index contributed by atoms with van der Waals surface area (Å²) in [6.07, 6.45) is 9.59. The van der Waals surface area contributed by atoms with Crippen LogP contribution in [0.5, 0.6) is 0 Å². The number of aromatic amines is 1. The maximum atomic E-state index is 12.8. The van der Waals surface area contributed by atoms with Gasteiger partial charge in [0.2, 0.25) is 0 Å². The van der Waals surface area contributed by atoms with E-state index in [1.807, 2.05) is 12.1 Å². The lowest BCUT2D eigenvalue weighted by atomic mass is 9.48. The fraction of sp³-hybridized carbons (Fsp3) is 0.619. The average molecular weight is 337 g/mol. The standard InChI is InChI=1S/C21H27N3O/c22-12-20-23-18-2-1-13(7-19(18)24-20)6-17(25)11-21-8-14-3-15(9-21)5-16(4-14)10-21/h1-2,7,14-16H,3-6,8-12,22H2,(H,23,24). The van der Waals surface area contributed by atoms with Crippen molar-refractivity contribution < 1.29 is 4.79 Å². The highest BCUT2D eigenvalue weighted by Crippen LogP contribution is 2.61. The molecular weight excluding hydrogens is 310 g/mol. The van der Waals surface area contributed by atoms with Crippen LogP contribution in [0.15, 0.2) is 18.2 Å². The van der Waals surface area contributed by atoms with Crippen molar-refractivity contribution in [3.05, 3.63) is 29.6 Å². The molecule has 132 valence electrons. The van der Waals surface area contributed by atoms with Crippen LogP contribution < -0.4 is 5.73 Å². The second-order valence-electron chi connectivity index (χ2n) is 9.05. The zero-order valence-electron chi connectivity index (χ0n) is 14.8. The molecule has 4 aliphatic rings. The number of imidazole rings is 1. The number of aromatic nitrogens is 2. The minimum absolute atomic E-state index is 0.344. The van der Waals surface area contributed by atoms with E-state index in [9.17, 15) is 4.79 Å². The minimum Gasteiger partial charge on any atom is -0.341 e. The number of carbonyl (C=O) groups is 1. The molecule has 4 nitrogen and oxygen atoms in total. The van der Waals surface area contributed by atoms with Crippen molar-refractivity contribution in [3.63, 3.8) is 0 Å². The normalized spacial score (nSPS) is 33.2. The number of fused-ring (bicyclic) bond motifs is 1. The molecule has 3 N–H and O–H groups in total. The minimum atomic E-state index is 0.344. The number of nitrogens with zero attached hydrogens (tertiary/aromatic N) is 1. The van der Waals surface area contributed by atoms with E-state index >= 15 is 0 Å². The molecule has 4 saturated carbocycles. The fourth-order valence-corrected chi connectivity index (χ4v) is 6.53. The summed E-state index contributed by atoms with van der Waals surface area (Å²) in [5.41, 5.74) is 9.00. The summed E-state index contributed by atoms with van der Waals surface area (Å²) in [6, 6.07) is 6.11. The monoisotopic (exact) mass is 337 g/mol. The summed E-state index contributed by atoms with van der Waals surface area (Å²) < 4.78 is 0. The van der Waals surface area contributed by atoms with Crippen LogP contribution in [0, 0.1) is 23.2 Å². The van der Waals surface area contributed by atoms with Gasteiger partial charge in [0.1, 0.15) is 11.6 Å². The summed E-state index contributed by atoms with van der Waals surface area (Å²) in [4.78, 5) is 20.5. The number of rotatable bonds is 5. The first-order valence-corrected chi connectivity index (χ1v) is 9.80. The molecule has 0 radical (unpaired) electrons. The van der Waals surface area contributed by atoms with E-state index in [0.717, 1.165) is 46.6 Å². The third kappa shape index (κ3) is 2.80. The van der Waals surface area contributed by atoms with Gasteiger partial charge in [-0.05, 0) is 79.4 Å². The highest BCUT2D eigenvalue weighted by atomic mass is 16.1. The van der Waals surface area contributed by atoms with Gasteiger partial charge >= 0.3 is 0 Å². The van der Waals surface area contributed by atoms with Crippen LogP contribution in [0.1, 0.15) is 56.3 Å². The van der Waals surface area contributed by atoms with Crippen LogP contribution in [0.4, 0.5) is 0 Å². The van der Waals surface area contributed by atoms with Crippen molar-refractivity contribution in [1.29, 1.82) is 0 Å². The zero-order chi connectivity index (χ0) is 17.0. The first-order valence-electron chi connectivity index (χ1n) is 9.80. The molecule has 0 aliphatic heterocycles. The molecule has 4 fully saturated rings. The molecule has 0 spiro atoms. The lowest BCUT2D eigenvalue weighted by molar-refractivity contribution is -0.126. The van der Waals surface area contributed by atoms with Crippen LogP contribution in [0.25, 0.3) is 11.0 Å². The van der Waals surface area contributed by atoms with E-state index in [0.29, 0.717) is 24.2 Å². The van der Waals surface area contributed by atoms with E-state index < -0.39 is 0 Å². The second kappa shape index (κ2) is 5.66. The average Bonchev–Trinajstić information content (AvgIpc) is 2.95. The summed E-state index contributed by atoms with van der Waals surface area (Å²) in [7, 11) is 0. The third-order valence-electron chi connectivity index (χ3n) is 6.93. The van der Waals surface area contributed by atoms with Gasteiger partial charge in [-0.25, -0.2) is 4.98 Å². The summed E-state index contributed by atoms with van der Waals surface area (Å²) in [5, 5.41) is 0. The van der Waals surface area contributed by atoms with Crippen molar-refractivity contribution in [2.24, 2.45) is 28.9 Å². The smallest absolute Gasteiger partial charge is 0.137 e. The number of ketones is 1. The van der Waals surface area contributed by atoms with Gasteiger partial charge in [-0.1, -0.05) is 6.07 Å². The number of H-pyrrole nitrogens is 1. The number of benzene rings is 1. The Morgan fingerprint density at radius 3 is 2.48 bits per heavy atom. The molecule has 1 heterocycles. The Morgan fingerprint density at radius 1 is 1.16 bits per heavy atom. The van der Waals surface area contributed by atoms with Gasteiger partial charge in [0.15, 0.2) is 0 Å². The number of carbonyl (C=O) groups excluding carboxylic acids is 1. The van der Waals surface area contributed by atoms with Gasteiger partial charge in [-0.3, -0.25) is 4.79 Å². The second-order valence-corrected chi connectivity index (χ2v) is 9.05. The van der Waals surface area contributed by atoms with Crippen LogP contribution in [-0.2, 0) is 17.8 Å². The molecule has 2 aromatic rings. The first kappa shape index (κ1) is 15.6. The van der Waals surface area contributed by atoms with Crippen LogP contribution in [0.2, 0.25) is 0 Å². The topological polar surface area (TPSA) is 71.8 Å². The highest BCUT2D eigenvalue weighted by Gasteiger charge is 2.51. The fourth-order valence-electron chi connectivity index (χ4n) is 6.53. The largest absolute Gasteiger partial charge is 0.341 e. The molecule has 1 aromatic carbocycles. The van der Waals surface area contributed by atoms with Crippen molar-refractivity contribution in [3.8, 4) is 0 Å². The van der Waals surface area contributed by atoms with E-state index in [1.54, 1.807) is 0 Å². The number of hydrogen-bond acceptors (Lipinski definition) is 3. The van der Waals surface area contributed by atoms with Gasteiger partial charge in [-0.2, -0.15) is 0 Å². The molecule has 4 aliphatic carbocycles. The Morgan fingerprint density at radius 2 is 1.84 bits per heavy atom. The van der Waals surface area contributed by atoms with Crippen molar-refractivity contribution >= 4 is 16.8 Å². The first-order chi connectivity index (χ1) is 12.1. The van der Waals surface area contributed by atoms with Gasteiger partial charge < -0.3 is 10.7 Å². The van der Waals surface area contributed by atoms with Crippen molar-refractivity contribution in [2.45, 2.75) is 57.9 Å². The van der Waals surface area contributed by atoms with Crippen molar-refractivity contribution in [2.75, 3.05) is 0 Å². The number of nitrogens with one attached hydrogen (secondary N) is 1. The van der Waals surface area contributed by atoms with Gasteiger partial charge in [0, 0.05) is 12.8 Å². The van der Waals surface area contributed by atoms with E-state index in [1.165, 1.54) is 38.5 Å². The summed E-state index contributed by atoms with van der Waals surface area (Å²) in [5.74, 6) is 3.95. The van der Waals surface area contributed by atoms with E-state index in [-0.39, 0.29) is 0 Å². The number of nitrogens with two attached hydrogens (primary N) is 1. The van der Waals surface area contributed by atoms with Crippen LogP contribution >= 0.6 is 0 Å². The molecule has 0 amide bonds. The Bertz CT molecular complexity index is 786. The highest BCUT2D eigenvalue weighted by molar-refractivity contribution is 5.83. The molecule has 0 saturated heterocycles. The number of Topliss-reactive ketones (excluding diaryl/α,β-unsaturated/α-hetero) is 1. The summed E-state index contributed by atoms with van der Waals surface area (Å²) in [6.45, 7) is 0.412. The Balaban J connectivity index is 1.30. The SMILES string of the molecule is NCc1nc2ccc(CC(=O)CC34CC5CC(CC(C5)C3)C4)cc2[nH]1. The lowest BCUT2D eigenvalue weighted by Crippen LogP contribution is -2.47. The Hall–Kier alpha value is -1.68.